The van der Waals surface area contributed by atoms with Gasteiger partial charge in [-0.3, -0.25) is 23.7 Å². The van der Waals surface area contributed by atoms with Crippen molar-refractivity contribution in [1.82, 2.24) is 10.2 Å². The molecule has 2 heterocycles. The van der Waals surface area contributed by atoms with Crippen LogP contribution in [0.3, 0.4) is 0 Å². The molecule has 0 aliphatic carbocycles. The molecule has 1 aliphatic heterocycles. The number of benzene rings is 2. The molecule has 39 heavy (non-hydrogen) atoms. The summed E-state index contributed by atoms with van der Waals surface area (Å²) in [5.41, 5.74) is -1.64. The van der Waals surface area contributed by atoms with Gasteiger partial charge in [0.15, 0.2) is 0 Å². The number of fused-ring (bicyclic) bond motifs is 1. The first kappa shape index (κ1) is 27.9. The summed E-state index contributed by atoms with van der Waals surface area (Å²) in [4.78, 5) is 23.2. The van der Waals surface area contributed by atoms with Crippen LogP contribution in [0.5, 0.6) is 5.75 Å². The molecular weight excluding hydrogens is 571 g/mol. The summed E-state index contributed by atoms with van der Waals surface area (Å²) in [5, 5.41) is 17.0. The van der Waals surface area contributed by atoms with Gasteiger partial charge >= 0.3 is 12.3 Å². The van der Waals surface area contributed by atoms with Crippen molar-refractivity contribution in [3.8, 4) is 5.75 Å². The molecule has 208 valence electrons. The molecule has 13 nitrogen and oxygen atoms in total. The van der Waals surface area contributed by atoms with Crippen molar-refractivity contribution < 1.29 is 49.8 Å². The molecule has 0 saturated carbocycles. The van der Waals surface area contributed by atoms with Crippen molar-refractivity contribution in [2.45, 2.75) is 23.6 Å². The van der Waals surface area contributed by atoms with Crippen molar-refractivity contribution in [1.29, 1.82) is 0 Å². The molecule has 3 N–H and O–H groups in total. The van der Waals surface area contributed by atoms with Crippen LogP contribution in [0.1, 0.15) is 12.0 Å². The first-order valence-corrected chi connectivity index (χ1v) is 13.2. The second-order valence-corrected chi connectivity index (χ2v) is 10.6. The zero-order valence-electron chi connectivity index (χ0n) is 19.3. The monoisotopic (exact) mass is 588 g/mol. The van der Waals surface area contributed by atoms with E-state index in [2.05, 4.69) is 10.2 Å². The quantitative estimate of drug-likeness (QED) is 0.349. The second-order valence-electron chi connectivity index (χ2n) is 7.98. The van der Waals surface area contributed by atoms with Crippen LogP contribution in [0.2, 0.25) is 0 Å². The summed E-state index contributed by atoms with van der Waals surface area (Å²) in [7, 11) is -4.74. The Balaban J connectivity index is 1.74. The molecule has 0 fully saturated rings. The lowest BCUT2D eigenvalue weighted by Crippen LogP contribution is -2.46. The lowest BCUT2D eigenvalue weighted by Gasteiger charge is -2.36. The number of aromatic amines is 1. The third kappa shape index (κ3) is 5.96. The number of anilines is 3. The molecule has 0 spiro atoms. The van der Waals surface area contributed by atoms with Crippen LogP contribution in [0.25, 0.3) is 0 Å². The lowest BCUT2D eigenvalue weighted by atomic mass is 10.1. The average Bonchev–Trinajstić information content (AvgIpc) is 3.37. The van der Waals surface area contributed by atoms with Crippen LogP contribution < -0.4 is 18.7 Å². The largest absolute Gasteiger partial charge is 0.755 e. The number of nitrogens with zero attached hydrogens (tertiary/aromatic N) is 3. The van der Waals surface area contributed by atoms with E-state index in [1.165, 1.54) is 12.1 Å². The van der Waals surface area contributed by atoms with Crippen LogP contribution in [0.15, 0.2) is 59.8 Å². The van der Waals surface area contributed by atoms with Gasteiger partial charge in [0.1, 0.15) is 11.9 Å². The maximum Gasteiger partial charge on any atom is 0.416 e. The number of sulfonamides is 1. The summed E-state index contributed by atoms with van der Waals surface area (Å²) in [6.07, 6.45) is -6.07. The number of carbonyl (C=O) groups excluding carboxylic acids is 1. The van der Waals surface area contributed by atoms with Crippen molar-refractivity contribution in [2.24, 2.45) is 0 Å². The fraction of sp³-hybridized carbons (Fsp3) is 0.190. The van der Waals surface area contributed by atoms with E-state index >= 15 is 0 Å². The molecule has 1 aliphatic rings. The minimum Gasteiger partial charge on any atom is -0.755 e. The van der Waals surface area contributed by atoms with Crippen LogP contribution >= 0.6 is 0 Å². The van der Waals surface area contributed by atoms with Gasteiger partial charge in [0.05, 0.1) is 52.3 Å². The van der Waals surface area contributed by atoms with Gasteiger partial charge in [0, 0.05) is 11.9 Å². The molecule has 0 radical (unpaired) electrons. The number of amides is 2. The van der Waals surface area contributed by atoms with Crippen LogP contribution in [-0.2, 0) is 32.3 Å². The molecule has 1 aromatic heterocycles. The summed E-state index contributed by atoms with van der Waals surface area (Å²) < 4.78 is 97.2. The van der Waals surface area contributed by atoms with E-state index in [-0.39, 0.29) is 22.8 Å². The topological polar surface area (TPSA) is 185 Å². The van der Waals surface area contributed by atoms with Crippen LogP contribution in [0, 0.1) is 0 Å². The van der Waals surface area contributed by atoms with Crippen LogP contribution in [-0.4, -0.2) is 57.1 Å². The van der Waals surface area contributed by atoms with Crippen molar-refractivity contribution in [3.05, 3.63) is 60.4 Å². The molecule has 0 bridgehead atoms. The first-order chi connectivity index (χ1) is 18.3. The number of halogens is 3. The van der Waals surface area contributed by atoms with Crippen LogP contribution in [0.4, 0.5) is 35.0 Å². The highest BCUT2D eigenvalue weighted by Crippen LogP contribution is 2.40. The van der Waals surface area contributed by atoms with Crippen molar-refractivity contribution >= 4 is 50.4 Å². The zero-order valence-corrected chi connectivity index (χ0v) is 20.9. The third-order valence-electron chi connectivity index (χ3n) is 5.39. The highest BCUT2D eigenvalue weighted by molar-refractivity contribution is 7.92. The minimum absolute atomic E-state index is 0.0727. The van der Waals surface area contributed by atoms with E-state index in [1.807, 2.05) is 5.32 Å². The fourth-order valence-corrected chi connectivity index (χ4v) is 5.81. The number of carbonyl (C=O) groups is 2. The summed E-state index contributed by atoms with van der Waals surface area (Å²) >= 11 is -3.07. The first-order valence-electron chi connectivity index (χ1n) is 10.7. The molecule has 2 unspecified atom stereocenters. The minimum atomic E-state index is -4.84. The Bertz CT molecular complexity index is 1530. The smallest absolute Gasteiger partial charge is 0.416 e. The second kappa shape index (κ2) is 10.5. The van der Waals surface area contributed by atoms with E-state index in [4.69, 9.17) is 9.84 Å². The number of alkyl halides is 3. The average molecular weight is 589 g/mol. The van der Waals surface area contributed by atoms with Gasteiger partial charge in [0.2, 0.25) is 5.91 Å². The third-order valence-corrected chi connectivity index (χ3v) is 7.88. The fourth-order valence-electron chi connectivity index (χ4n) is 3.75. The number of hydrogen-bond acceptors (Lipinski definition) is 8. The predicted molar refractivity (Wildman–Crippen MR) is 128 cm³/mol. The standard InChI is InChI=1S/C21H18F3N5O8S2/c22-21(23,24)12-2-1-3-16(6-12)39(35,36)28-11-15(8-19(30)29(38(33)34)14-9-25-26-10-14)37-18-5-4-13(7-17(18)28)27-20(31)32/h1-7,9-10,15,27H,8,11H2,(H,25,26)(H,31,32)(H,33,34)/p-1. The van der Waals surface area contributed by atoms with Gasteiger partial charge in [-0.15, -0.1) is 0 Å². The van der Waals surface area contributed by atoms with Gasteiger partial charge in [-0.1, -0.05) is 6.07 Å². The number of ether oxygens (including phenoxy) is 1. The van der Waals surface area contributed by atoms with Gasteiger partial charge in [0.25, 0.3) is 10.0 Å². The maximum atomic E-state index is 13.6. The van der Waals surface area contributed by atoms with E-state index in [0.29, 0.717) is 20.7 Å². The van der Waals surface area contributed by atoms with E-state index < -0.39 is 69.0 Å². The molecule has 3 aromatic rings. The Morgan fingerprint density at radius 1 is 1.28 bits per heavy atom. The predicted octanol–water partition coefficient (Wildman–Crippen LogP) is 2.69. The molecular formula is C21H17F3N5O8S2-. The normalized spacial score (nSPS) is 16.1. The molecule has 2 atom stereocenters. The maximum absolute atomic E-state index is 13.6. The van der Waals surface area contributed by atoms with E-state index in [1.54, 1.807) is 0 Å². The number of hydrogen-bond donors (Lipinski definition) is 3. The highest BCUT2D eigenvalue weighted by Gasteiger charge is 2.38. The van der Waals surface area contributed by atoms with Gasteiger partial charge in [-0.2, -0.15) is 18.3 Å². The Morgan fingerprint density at radius 3 is 2.64 bits per heavy atom. The SMILES string of the molecule is O=C(O)Nc1ccc2c(c1)N(S(=O)(=O)c1cccc(C(F)(F)F)c1)CC(CC(=O)N(c1cn[nH]c1)S(=O)[O-])O2. The van der Waals surface area contributed by atoms with Crippen molar-refractivity contribution in [3.63, 3.8) is 0 Å². The molecule has 0 saturated heterocycles. The molecule has 18 heteroatoms. The molecule has 2 amide bonds. The van der Waals surface area contributed by atoms with E-state index in [0.717, 1.165) is 30.6 Å². The Labute approximate surface area is 220 Å². The van der Waals surface area contributed by atoms with Gasteiger partial charge in [-0.25, -0.2) is 17.5 Å². The highest BCUT2D eigenvalue weighted by atomic mass is 32.2. The summed E-state index contributed by atoms with van der Waals surface area (Å²) in [6, 6.07) is 6.51. The Hall–Kier alpha value is -4.16. The Kier molecular flexibility index (Phi) is 7.53. The number of H-pyrrole nitrogens is 1. The number of aromatic nitrogens is 2. The number of rotatable bonds is 7. The molecule has 4 rings (SSSR count). The number of carboxylic acid groups (broad SMARTS) is 1. The van der Waals surface area contributed by atoms with Gasteiger partial charge < -0.3 is 14.4 Å². The lowest BCUT2D eigenvalue weighted by molar-refractivity contribution is -0.137. The Morgan fingerprint density at radius 2 is 2.03 bits per heavy atom. The van der Waals surface area contributed by atoms with Gasteiger partial charge in [-0.05, 0) is 36.4 Å². The summed E-state index contributed by atoms with van der Waals surface area (Å²) in [5.74, 6) is -1.16. The summed E-state index contributed by atoms with van der Waals surface area (Å²) in [6.45, 7) is -0.626. The van der Waals surface area contributed by atoms with E-state index in [9.17, 15) is 39.9 Å². The molecule has 2 aromatic carbocycles. The number of nitrogens with one attached hydrogen (secondary N) is 2. The zero-order chi connectivity index (χ0) is 28.5. The van der Waals surface area contributed by atoms with Crippen molar-refractivity contribution in [2.75, 3.05) is 20.5 Å².